The van der Waals surface area contributed by atoms with Gasteiger partial charge < -0.3 is 0 Å². The van der Waals surface area contributed by atoms with E-state index in [0.29, 0.717) is 0 Å². The van der Waals surface area contributed by atoms with Crippen LogP contribution in [0.5, 0.6) is 0 Å². The van der Waals surface area contributed by atoms with Crippen molar-refractivity contribution in [3.63, 3.8) is 0 Å². The minimum atomic E-state index is 0.833. The summed E-state index contributed by atoms with van der Waals surface area (Å²) >= 11 is 0. The highest BCUT2D eigenvalue weighted by molar-refractivity contribution is 5.19. The van der Waals surface area contributed by atoms with Gasteiger partial charge in [0.15, 0.2) is 0 Å². The van der Waals surface area contributed by atoms with Gasteiger partial charge in [-0.2, -0.15) is 0 Å². The highest BCUT2D eigenvalue weighted by Gasteiger charge is 2.31. The third-order valence-corrected chi connectivity index (χ3v) is 1.80. The van der Waals surface area contributed by atoms with Crippen LogP contribution in [-0.4, -0.2) is 0 Å². The largest absolute Gasteiger partial charge is 0.102 e. The monoisotopic (exact) mass is 92.1 g/mol. The van der Waals surface area contributed by atoms with Crippen molar-refractivity contribution in [1.82, 2.24) is 0 Å². The lowest BCUT2D eigenvalue weighted by Crippen LogP contribution is -2.04. The van der Waals surface area contributed by atoms with E-state index in [0.717, 1.165) is 11.8 Å². The van der Waals surface area contributed by atoms with Crippen molar-refractivity contribution in [2.45, 2.75) is 19.3 Å². The van der Waals surface area contributed by atoms with Gasteiger partial charge in [0.1, 0.15) is 0 Å². The fourth-order valence-corrected chi connectivity index (χ4v) is 1.00. The molecule has 36 valence electrons. The summed E-state index contributed by atoms with van der Waals surface area (Å²) in [5, 5.41) is 0. The average molecular weight is 92.1 g/mol. The molecule has 0 spiro atoms. The fourth-order valence-electron chi connectivity index (χ4n) is 1.00. The Labute approximate surface area is 43.9 Å². The minimum absolute atomic E-state index is 0.833. The van der Waals surface area contributed by atoms with Crippen molar-refractivity contribution >= 4 is 0 Å². The second-order valence-electron chi connectivity index (χ2n) is 2.47. The lowest BCUT2D eigenvalue weighted by Gasteiger charge is -2.09. The first kappa shape index (κ1) is 3.55. The summed E-state index contributed by atoms with van der Waals surface area (Å²) in [6, 6.07) is 0. The number of hydrogen-bond donors (Lipinski definition) is 0. The van der Waals surface area contributed by atoms with Gasteiger partial charge in [0, 0.05) is 12.3 Å². The molecule has 0 N–H and O–H groups in total. The SMILES string of the molecule is C1#CC(C2CC2)C1. The molecule has 0 aromatic heterocycles. The molecule has 2 aliphatic carbocycles. The Kier molecular flexibility index (Phi) is 0.526. The normalized spacial score (nSPS) is 35.7. The van der Waals surface area contributed by atoms with Crippen LogP contribution in [0.15, 0.2) is 0 Å². The van der Waals surface area contributed by atoms with Crippen molar-refractivity contribution in [3.8, 4) is 11.8 Å². The van der Waals surface area contributed by atoms with E-state index in [2.05, 4.69) is 11.8 Å². The first-order chi connectivity index (χ1) is 3.47. The van der Waals surface area contributed by atoms with E-state index in [9.17, 15) is 0 Å². The Morgan fingerprint density at radius 1 is 1.29 bits per heavy atom. The Morgan fingerprint density at radius 3 is 2.14 bits per heavy atom. The molecule has 0 heteroatoms. The Morgan fingerprint density at radius 2 is 2.00 bits per heavy atom. The molecule has 0 aliphatic heterocycles. The van der Waals surface area contributed by atoms with E-state index < -0.39 is 0 Å². The fraction of sp³-hybridized carbons (Fsp3) is 0.714. The molecular formula is C7H8. The molecule has 0 amide bonds. The van der Waals surface area contributed by atoms with E-state index in [1.54, 1.807) is 0 Å². The maximum Gasteiger partial charge on any atom is 0.0340 e. The van der Waals surface area contributed by atoms with E-state index in [4.69, 9.17) is 0 Å². The number of rotatable bonds is 1. The molecule has 7 heavy (non-hydrogen) atoms. The second kappa shape index (κ2) is 1.04. The van der Waals surface area contributed by atoms with E-state index in [-0.39, 0.29) is 0 Å². The van der Waals surface area contributed by atoms with Gasteiger partial charge in [-0.15, -0.1) is 5.92 Å². The van der Waals surface area contributed by atoms with Gasteiger partial charge in [-0.1, -0.05) is 5.92 Å². The van der Waals surface area contributed by atoms with Crippen molar-refractivity contribution in [2.75, 3.05) is 0 Å². The van der Waals surface area contributed by atoms with Crippen LogP contribution in [0.4, 0.5) is 0 Å². The third kappa shape index (κ3) is 0.447. The Balaban J connectivity index is 2.01. The van der Waals surface area contributed by atoms with Gasteiger partial charge in [-0.05, 0) is 18.8 Å². The lowest BCUT2D eigenvalue weighted by atomic mass is 9.94. The highest BCUT2D eigenvalue weighted by atomic mass is 14.3. The van der Waals surface area contributed by atoms with Gasteiger partial charge in [0.05, 0.1) is 0 Å². The van der Waals surface area contributed by atoms with Crippen LogP contribution in [-0.2, 0) is 0 Å². The zero-order valence-electron chi connectivity index (χ0n) is 4.28. The molecule has 0 saturated heterocycles. The van der Waals surface area contributed by atoms with Crippen LogP contribution in [0.2, 0.25) is 0 Å². The van der Waals surface area contributed by atoms with Gasteiger partial charge >= 0.3 is 0 Å². The molecule has 0 nitrogen and oxygen atoms in total. The number of hydrogen-bond acceptors (Lipinski definition) is 0. The van der Waals surface area contributed by atoms with Crippen LogP contribution in [0.3, 0.4) is 0 Å². The summed E-state index contributed by atoms with van der Waals surface area (Å²) in [6.45, 7) is 0. The average Bonchev–Trinajstić information content (AvgIpc) is 2.10. The highest BCUT2D eigenvalue weighted by Crippen LogP contribution is 2.39. The smallest absolute Gasteiger partial charge is 0.0340 e. The quantitative estimate of drug-likeness (QED) is 0.429. The molecule has 1 unspecified atom stereocenters. The summed E-state index contributed by atoms with van der Waals surface area (Å²) in [7, 11) is 0. The summed E-state index contributed by atoms with van der Waals surface area (Å²) in [4.78, 5) is 0. The van der Waals surface area contributed by atoms with Gasteiger partial charge in [-0.3, -0.25) is 0 Å². The maximum atomic E-state index is 3.16. The standard InChI is InChI=1S/C7H8/c1-2-6(3-1)7-4-5-7/h6-7H,2,4-5H2. The summed E-state index contributed by atoms with van der Waals surface area (Å²) in [5.41, 5.74) is 0. The molecule has 2 rings (SSSR count). The molecule has 1 atom stereocenters. The lowest BCUT2D eigenvalue weighted by molar-refractivity contribution is 0.579. The predicted octanol–water partition coefficient (Wildman–Crippen LogP) is 1.42. The van der Waals surface area contributed by atoms with E-state index in [1.807, 2.05) is 0 Å². The topological polar surface area (TPSA) is 0 Å². The van der Waals surface area contributed by atoms with Crippen LogP contribution in [0.1, 0.15) is 19.3 Å². The van der Waals surface area contributed by atoms with Crippen LogP contribution < -0.4 is 0 Å². The van der Waals surface area contributed by atoms with Crippen LogP contribution >= 0.6 is 0 Å². The van der Waals surface area contributed by atoms with Gasteiger partial charge in [-0.25, -0.2) is 0 Å². The predicted molar refractivity (Wildman–Crippen MR) is 28.6 cm³/mol. The first-order valence-corrected chi connectivity index (χ1v) is 2.95. The summed E-state index contributed by atoms with van der Waals surface area (Å²) < 4.78 is 0. The molecule has 0 heterocycles. The minimum Gasteiger partial charge on any atom is -0.102 e. The van der Waals surface area contributed by atoms with E-state index in [1.165, 1.54) is 19.3 Å². The van der Waals surface area contributed by atoms with Crippen molar-refractivity contribution in [3.05, 3.63) is 0 Å². The summed E-state index contributed by atoms with van der Waals surface area (Å²) in [5.74, 6) is 8.05. The van der Waals surface area contributed by atoms with Crippen molar-refractivity contribution < 1.29 is 0 Å². The third-order valence-electron chi connectivity index (χ3n) is 1.80. The van der Waals surface area contributed by atoms with Crippen LogP contribution in [0.25, 0.3) is 0 Å². The van der Waals surface area contributed by atoms with Gasteiger partial charge in [0.2, 0.25) is 0 Å². The molecule has 0 aromatic carbocycles. The molecule has 1 saturated carbocycles. The maximum absolute atomic E-state index is 3.16. The Hall–Kier alpha value is -0.440. The first-order valence-electron chi connectivity index (χ1n) is 2.95. The second-order valence-corrected chi connectivity index (χ2v) is 2.47. The zero-order valence-corrected chi connectivity index (χ0v) is 4.28. The molecule has 2 aliphatic rings. The zero-order chi connectivity index (χ0) is 4.69. The molecule has 0 aromatic rings. The van der Waals surface area contributed by atoms with Gasteiger partial charge in [0.25, 0.3) is 0 Å². The Bertz CT molecular complexity index is 132. The molecule has 1 fully saturated rings. The summed E-state index contributed by atoms with van der Waals surface area (Å²) in [6.07, 6.45) is 4.11. The molecular weight excluding hydrogens is 84.1 g/mol. The molecule has 0 bridgehead atoms. The van der Waals surface area contributed by atoms with Crippen molar-refractivity contribution in [1.29, 1.82) is 0 Å². The van der Waals surface area contributed by atoms with Crippen LogP contribution in [0, 0.1) is 23.7 Å². The van der Waals surface area contributed by atoms with Crippen molar-refractivity contribution in [2.24, 2.45) is 11.8 Å². The molecule has 0 radical (unpaired) electrons. The van der Waals surface area contributed by atoms with E-state index >= 15 is 0 Å².